The minimum Gasteiger partial charge on any atom is -0.392 e. The van der Waals surface area contributed by atoms with Crippen LogP contribution in [-0.4, -0.2) is 34.8 Å². The van der Waals surface area contributed by atoms with E-state index in [4.69, 9.17) is 5.11 Å². The van der Waals surface area contributed by atoms with Gasteiger partial charge < -0.3 is 10.0 Å². The molecule has 0 unspecified atom stereocenters. The maximum absolute atomic E-state index is 12.0. The summed E-state index contributed by atoms with van der Waals surface area (Å²) in [5.74, 6) is 0.726. The molecule has 1 aromatic carbocycles. The Hall–Kier alpha value is -1.00. The van der Waals surface area contributed by atoms with Gasteiger partial charge in [0.2, 0.25) is 5.91 Å². The van der Waals surface area contributed by atoms with Crippen LogP contribution in [0.4, 0.5) is 0 Å². The highest BCUT2D eigenvalue weighted by atomic mass is 32.2. The summed E-state index contributed by atoms with van der Waals surface area (Å²) in [4.78, 5) is 15.0. The molecule has 98 valence electrons. The van der Waals surface area contributed by atoms with E-state index in [9.17, 15) is 4.79 Å². The number of thioether (sulfide) groups is 1. The molecule has 0 bridgehead atoms. The third-order valence-corrected chi connectivity index (χ3v) is 4.13. The number of benzene rings is 1. The summed E-state index contributed by atoms with van der Waals surface area (Å²) >= 11 is 1.55. The predicted octanol–water partition coefficient (Wildman–Crippen LogP) is 2.28. The van der Waals surface area contributed by atoms with Crippen LogP contribution < -0.4 is 0 Å². The fourth-order valence-corrected chi connectivity index (χ4v) is 3.00. The minimum atomic E-state index is 0.0501. The van der Waals surface area contributed by atoms with Crippen molar-refractivity contribution in [3.63, 3.8) is 0 Å². The number of rotatable bonds is 4. The van der Waals surface area contributed by atoms with E-state index in [1.165, 1.54) is 6.42 Å². The summed E-state index contributed by atoms with van der Waals surface area (Å²) < 4.78 is 0. The second kappa shape index (κ2) is 6.81. The van der Waals surface area contributed by atoms with E-state index in [1.807, 2.05) is 29.2 Å². The highest BCUT2D eigenvalue weighted by Gasteiger charge is 2.16. The Labute approximate surface area is 112 Å². The number of aliphatic hydroxyl groups is 1. The van der Waals surface area contributed by atoms with E-state index in [0.717, 1.165) is 36.4 Å². The average Bonchev–Trinajstić information content (AvgIpc) is 2.46. The molecule has 0 aliphatic carbocycles. The van der Waals surface area contributed by atoms with E-state index in [0.29, 0.717) is 5.75 Å². The lowest BCUT2D eigenvalue weighted by molar-refractivity contribution is -0.129. The van der Waals surface area contributed by atoms with Gasteiger partial charge in [-0.3, -0.25) is 4.79 Å². The van der Waals surface area contributed by atoms with Gasteiger partial charge in [-0.15, -0.1) is 11.8 Å². The van der Waals surface area contributed by atoms with Gasteiger partial charge in [-0.1, -0.05) is 12.1 Å². The zero-order chi connectivity index (χ0) is 12.8. The van der Waals surface area contributed by atoms with Crippen LogP contribution in [0, 0.1) is 0 Å². The number of carbonyl (C=O) groups excluding carboxylic acids is 1. The Balaban J connectivity index is 1.84. The molecule has 1 aliphatic rings. The lowest BCUT2D eigenvalue weighted by atomic mass is 10.1. The van der Waals surface area contributed by atoms with Gasteiger partial charge in [-0.25, -0.2) is 0 Å². The summed E-state index contributed by atoms with van der Waals surface area (Å²) in [6.07, 6.45) is 3.52. The first-order valence-corrected chi connectivity index (χ1v) is 7.38. The average molecular weight is 265 g/mol. The van der Waals surface area contributed by atoms with E-state index < -0.39 is 0 Å². The Morgan fingerprint density at radius 1 is 1.28 bits per heavy atom. The minimum absolute atomic E-state index is 0.0501. The largest absolute Gasteiger partial charge is 0.392 e. The molecular weight excluding hydrogens is 246 g/mol. The quantitative estimate of drug-likeness (QED) is 0.849. The van der Waals surface area contributed by atoms with Crippen molar-refractivity contribution in [1.29, 1.82) is 0 Å². The van der Waals surface area contributed by atoms with Crippen LogP contribution in [0.3, 0.4) is 0 Å². The highest BCUT2D eigenvalue weighted by Crippen LogP contribution is 2.20. The van der Waals surface area contributed by atoms with Gasteiger partial charge in [0, 0.05) is 18.0 Å². The molecule has 0 radical (unpaired) electrons. The number of aliphatic hydroxyl groups excluding tert-OH is 1. The maximum Gasteiger partial charge on any atom is 0.232 e. The maximum atomic E-state index is 12.0. The lowest BCUT2D eigenvalue weighted by Crippen LogP contribution is -2.36. The Morgan fingerprint density at radius 3 is 2.78 bits per heavy atom. The number of piperidine rings is 1. The van der Waals surface area contributed by atoms with Crippen molar-refractivity contribution in [3.05, 3.63) is 29.8 Å². The molecular formula is C14H19NO2S. The first kappa shape index (κ1) is 13.4. The third kappa shape index (κ3) is 3.75. The second-order valence-corrected chi connectivity index (χ2v) is 5.58. The van der Waals surface area contributed by atoms with Crippen LogP contribution in [-0.2, 0) is 11.4 Å². The molecule has 1 saturated heterocycles. The molecule has 1 aromatic rings. The van der Waals surface area contributed by atoms with Crippen molar-refractivity contribution in [1.82, 2.24) is 4.90 Å². The molecule has 1 N–H and O–H groups in total. The van der Waals surface area contributed by atoms with Crippen LogP contribution in [0.2, 0.25) is 0 Å². The number of carbonyl (C=O) groups is 1. The van der Waals surface area contributed by atoms with Gasteiger partial charge >= 0.3 is 0 Å². The first-order valence-electron chi connectivity index (χ1n) is 6.40. The molecule has 1 aliphatic heterocycles. The summed E-state index contributed by atoms with van der Waals surface area (Å²) in [6, 6.07) is 7.72. The Kier molecular flexibility index (Phi) is 5.08. The van der Waals surface area contributed by atoms with Gasteiger partial charge in [0.1, 0.15) is 0 Å². The molecule has 0 aromatic heterocycles. The number of hydrogen-bond donors (Lipinski definition) is 1. The molecule has 0 spiro atoms. The zero-order valence-electron chi connectivity index (χ0n) is 10.5. The number of hydrogen-bond acceptors (Lipinski definition) is 3. The van der Waals surface area contributed by atoms with Gasteiger partial charge in [0.25, 0.3) is 0 Å². The number of likely N-dealkylation sites (tertiary alicyclic amines) is 1. The van der Waals surface area contributed by atoms with Gasteiger partial charge in [-0.05, 0) is 37.0 Å². The monoisotopic (exact) mass is 265 g/mol. The molecule has 1 amide bonds. The van der Waals surface area contributed by atoms with Crippen molar-refractivity contribution in [2.75, 3.05) is 18.8 Å². The van der Waals surface area contributed by atoms with Crippen LogP contribution in [0.25, 0.3) is 0 Å². The molecule has 2 rings (SSSR count). The first-order chi connectivity index (χ1) is 8.79. The van der Waals surface area contributed by atoms with Crippen LogP contribution in [0.15, 0.2) is 29.2 Å². The molecule has 18 heavy (non-hydrogen) atoms. The summed E-state index contributed by atoms with van der Waals surface area (Å²) in [5.41, 5.74) is 0.894. The van der Waals surface area contributed by atoms with Crippen molar-refractivity contribution in [2.24, 2.45) is 0 Å². The fraction of sp³-hybridized carbons (Fsp3) is 0.500. The molecule has 4 heteroatoms. The smallest absolute Gasteiger partial charge is 0.232 e. The van der Waals surface area contributed by atoms with Crippen LogP contribution in [0.5, 0.6) is 0 Å². The van der Waals surface area contributed by atoms with E-state index in [-0.39, 0.29) is 12.5 Å². The number of amides is 1. The van der Waals surface area contributed by atoms with Crippen molar-refractivity contribution < 1.29 is 9.90 Å². The normalized spacial score (nSPS) is 15.7. The zero-order valence-corrected chi connectivity index (χ0v) is 11.3. The van der Waals surface area contributed by atoms with Gasteiger partial charge in [0.15, 0.2) is 0 Å². The summed E-state index contributed by atoms with van der Waals surface area (Å²) in [5, 5.41) is 9.06. The van der Waals surface area contributed by atoms with E-state index >= 15 is 0 Å². The van der Waals surface area contributed by atoms with E-state index in [2.05, 4.69) is 0 Å². The van der Waals surface area contributed by atoms with Crippen molar-refractivity contribution in [3.8, 4) is 0 Å². The van der Waals surface area contributed by atoms with E-state index in [1.54, 1.807) is 11.8 Å². The van der Waals surface area contributed by atoms with Crippen molar-refractivity contribution >= 4 is 17.7 Å². The lowest BCUT2D eigenvalue weighted by Gasteiger charge is -2.26. The molecule has 1 fully saturated rings. The fourth-order valence-electron chi connectivity index (χ4n) is 2.11. The molecule has 3 nitrogen and oxygen atoms in total. The summed E-state index contributed by atoms with van der Waals surface area (Å²) in [6.45, 7) is 1.88. The topological polar surface area (TPSA) is 40.5 Å². The van der Waals surface area contributed by atoms with Gasteiger partial charge in [0.05, 0.1) is 12.4 Å². The highest BCUT2D eigenvalue weighted by molar-refractivity contribution is 8.00. The SMILES string of the molecule is O=C(CSc1cccc(CO)c1)N1CCCCC1. The van der Waals surface area contributed by atoms with Crippen molar-refractivity contribution in [2.45, 2.75) is 30.8 Å². The molecule has 0 atom stereocenters. The van der Waals surface area contributed by atoms with Crippen LogP contribution in [0.1, 0.15) is 24.8 Å². The van der Waals surface area contributed by atoms with Crippen LogP contribution >= 0.6 is 11.8 Å². The third-order valence-electron chi connectivity index (χ3n) is 3.15. The molecule has 0 saturated carbocycles. The standard InChI is InChI=1S/C14H19NO2S/c16-10-12-5-4-6-13(9-12)18-11-14(17)15-7-2-1-3-8-15/h4-6,9,16H,1-3,7-8,10-11H2. The second-order valence-electron chi connectivity index (χ2n) is 4.54. The number of nitrogens with zero attached hydrogens (tertiary/aromatic N) is 1. The summed E-state index contributed by atoms with van der Waals surface area (Å²) in [7, 11) is 0. The Bertz CT molecular complexity index is 403. The molecule has 1 heterocycles. The predicted molar refractivity (Wildman–Crippen MR) is 73.5 cm³/mol. The van der Waals surface area contributed by atoms with Gasteiger partial charge in [-0.2, -0.15) is 0 Å². The Morgan fingerprint density at radius 2 is 2.06 bits per heavy atom.